The van der Waals surface area contributed by atoms with Crippen LogP contribution >= 0.6 is 15.9 Å². The minimum atomic E-state index is -1.16. The zero-order valence-electron chi connectivity index (χ0n) is 8.82. The van der Waals surface area contributed by atoms with Crippen LogP contribution in [0.4, 0.5) is 4.39 Å². The first-order valence-electron chi connectivity index (χ1n) is 4.72. The molecule has 0 radical (unpaired) electrons. The quantitative estimate of drug-likeness (QED) is 0.927. The van der Waals surface area contributed by atoms with Gasteiger partial charge in [0, 0.05) is 7.05 Å². The summed E-state index contributed by atoms with van der Waals surface area (Å²) in [6, 6.07) is 6.09. The number of rotatable bonds is 2. The number of halogens is 2. The fraction of sp³-hybridized carbons (Fsp3) is 0.0909. The number of carboxylic acids is 1. The summed E-state index contributed by atoms with van der Waals surface area (Å²) in [7, 11) is 1.62. The highest BCUT2D eigenvalue weighted by molar-refractivity contribution is 9.10. The van der Waals surface area contributed by atoms with Gasteiger partial charge in [-0.15, -0.1) is 0 Å². The van der Waals surface area contributed by atoms with Gasteiger partial charge >= 0.3 is 5.97 Å². The van der Waals surface area contributed by atoms with Crippen molar-refractivity contribution in [2.24, 2.45) is 7.05 Å². The third-order valence-electron chi connectivity index (χ3n) is 2.34. The van der Waals surface area contributed by atoms with Gasteiger partial charge in [-0.2, -0.15) is 0 Å². The second kappa shape index (κ2) is 4.29. The molecule has 17 heavy (non-hydrogen) atoms. The van der Waals surface area contributed by atoms with Gasteiger partial charge in [0.2, 0.25) is 0 Å². The van der Waals surface area contributed by atoms with Crippen molar-refractivity contribution in [3.05, 3.63) is 40.4 Å². The van der Waals surface area contributed by atoms with Gasteiger partial charge in [-0.25, -0.2) is 14.2 Å². The number of imidazole rings is 1. The van der Waals surface area contributed by atoms with E-state index >= 15 is 0 Å². The summed E-state index contributed by atoms with van der Waals surface area (Å²) in [5.74, 6) is -1.33. The number of carboxylic acid groups (broad SMARTS) is 1. The van der Waals surface area contributed by atoms with E-state index in [1.54, 1.807) is 25.2 Å². The molecule has 0 saturated heterocycles. The lowest BCUT2D eigenvalue weighted by Crippen LogP contribution is -1.97. The molecule has 0 fully saturated rings. The van der Waals surface area contributed by atoms with Crippen LogP contribution in [0.1, 0.15) is 10.5 Å². The molecule has 2 aromatic rings. The molecule has 0 unspecified atom stereocenters. The van der Waals surface area contributed by atoms with E-state index in [4.69, 9.17) is 5.11 Å². The molecular weight excluding hydrogens is 291 g/mol. The Kier molecular flexibility index (Phi) is 2.97. The van der Waals surface area contributed by atoms with E-state index in [1.807, 2.05) is 0 Å². The molecule has 1 N–H and O–H groups in total. The molecule has 1 aromatic carbocycles. The summed E-state index contributed by atoms with van der Waals surface area (Å²) < 4.78 is 15.4. The monoisotopic (exact) mass is 298 g/mol. The lowest BCUT2D eigenvalue weighted by atomic mass is 10.2. The van der Waals surface area contributed by atoms with Gasteiger partial charge in [-0.1, -0.05) is 12.1 Å². The molecule has 2 rings (SSSR count). The van der Waals surface area contributed by atoms with E-state index in [0.717, 1.165) is 0 Å². The molecule has 0 atom stereocenters. The summed E-state index contributed by atoms with van der Waals surface area (Å²) in [4.78, 5) is 14.8. The Balaban J connectivity index is 2.66. The van der Waals surface area contributed by atoms with Crippen molar-refractivity contribution in [2.75, 3.05) is 0 Å². The summed E-state index contributed by atoms with van der Waals surface area (Å²) in [6.07, 6.45) is 0. The van der Waals surface area contributed by atoms with Crippen LogP contribution in [0.25, 0.3) is 11.4 Å². The summed E-state index contributed by atoms with van der Waals surface area (Å²) in [5, 5.41) is 8.92. The van der Waals surface area contributed by atoms with Gasteiger partial charge in [0.25, 0.3) is 0 Å². The predicted molar refractivity (Wildman–Crippen MR) is 63.3 cm³/mol. The molecule has 0 aliphatic carbocycles. The fourth-order valence-corrected chi connectivity index (χ4v) is 1.92. The molecule has 1 heterocycles. The summed E-state index contributed by atoms with van der Waals surface area (Å²) in [5.41, 5.74) is 0.133. The lowest BCUT2D eigenvalue weighted by Gasteiger charge is -2.03. The van der Waals surface area contributed by atoms with Gasteiger partial charge in [0.15, 0.2) is 5.69 Å². The second-order valence-corrected chi connectivity index (χ2v) is 4.17. The first-order chi connectivity index (χ1) is 8.02. The number of carbonyl (C=O) groups is 1. The molecule has 0 spiro atoms. The van der Waals surface area contributed by atoms with Crippen molar-refractivity contribution in [3.8, 4) is 11.4 Å². The number of aromatic nitrogens is 2. The van der Waals surface area contributed by atoms with Gasteiger partial charge in [0.1, 0.15) is 16.2 Å². The topological polar surface area (TPSA) is 55.1 Å². The zero-order chi connectivity index (χ0) is 12.6. The smallest absolute Gasteiger partial charge is 0.357 e. The number of nitrogens with zero attached hydrogens (tertiary/aromatic N) is 2. The normalized spacial score (nSPS) is 10.5. The van der Waals surface area contributed by atoms with E-state index in [1.165, 1.54) is 10.6 Å². The van der Waals surface area contributed by atoms with Crippen LogP contribution in [0.3, 0.4) is 0 Å². The third-order valence-corrected chi connectivity index (χ3v) is 3.25. The first kappa shape index (κ1) is 11.8. The van der Waals surface area contributed by atoms with E-state index in [9.17, 15) is 9.18 Å². The largest absolute Gasteiger partial charge is 0.476 e. The Hall–Kier alpha value is -1.69. The van der Waals surface area contributed by atoms with Crippen LogP contribution in [0.5, 0.6) is 0 Å². The highest BCUT2D eigenvalue weighted by atomic mass is 79.9. The lowest BCUT2D eigenvalue weighted by molar-refractivity contribution is 0.0690. The average Bonchev–Trinajstić information content (AvgIpc) is 2.57. The van der Waals surface area contributed by atoms with Crippen LogP contribution in [-0.4, -0.2) is 20.6 Å². The Morgan fingerprint density at radius 2 is 2.12 bits per heavy atom. The van der Waals surface area contributed by atoms with Crippen LogP contribution in [0.2, 0.25) is 0 Å². The Bertz CT molecular complexity index is 595. The zero-order valence-corrected chi connectivity index (χ0v) is 10.4. The van der Waals surface area contributed by atoms with Crippen LogP contribution < -0.4 is 0 Å². The maximum absolute atomic E-state index is 13.6. The molecule has 0 saturated carbocycles. The second-order valence-electron chi connectivity index (χ2n) is 3.42. The van der Waals surface area contributed by atoms with E-state index < -0.39 is 11.8 Å². The molecule has 4 nitrogen and oxygen atoms in total. The molecule has 0 aliphatic rings. The van der Waals surface area contributed by atoms with E-state index in [0.29, 0.717) is 4.60 Å². The first-order valence-corrected chi connectivity index (χ1v) is 5.52. The minimum absolute atomic E-state index is 0.134. The minimum Gasteiger partial charge on any atom is -0.476 e. The molecule has 0 amide bonds. The fourth-order valence-electron chi connectivity index (χ4n) is 1.50. The number of aromatic carboxylic acids is 1. The molecule has 1 aromatic heterocycles. The van der Waals surface area contributed by atoms with E-state index in [-0.39, 0.29) is 17.1 Å². The molecule has 88 valence electrons. The number of hydrogen-bond acceptors (Lipinski definition) is 2. The maximum atomic E-state index is 13.6. The molecular formula is C11H8BrFN2O2. The average molecular weight is 299 g/mol. The number of hydrogen-bond donors (Lipinski definition) is 1. The highest BCUT2D eigenvalue weighted by Gasteiger charge is 2.20. The molecule has 0 aliphatic heterocycles. The van der Waals surface area contributed by atoms with Crippen LogP contribution in [0, 0.1) is 5.82 Å². The third kappa shape index (κ3) is 1.95. The van der Waals surface area contributed by atoms with Crippen LogP contribution in [-0.2, 0) is 7.05 Å². The van der Waals surface area contributed by atoms with E-state index in [2.05, 4.69) is 20.9 Å². The van der Waals surface area contributed by atoms with Crippen molar-refractivity contribution in [3.63, 3.8) is 0 Å². The highest BCUT2D eigenvalue weighted by Crippen LogP contribution is 2.26. The Morgan fingerprint density at radius 3 is 2.65 bits per heavy atom. The van der Waals surface area contributed by atoms with Gasteiger partial charge < -0.3 is 9.67 Å². The summed E-state index contributed by atoms with van der Waals surface area (Å²) >= 11 is 3.12. The SMILES string of the molecule is Cn1c(-c2ccccc2F)nc(C(=O)O)c1Br. The van der Waals surface area contributed by atoms with Gasteiger partial charge in [0.05, 0.1) is 5.56 Å². The summed E-state index contributed by atoms with van der Waals surface area (Å²) in [6.45, 7) is 0. The molecule has 6 heteroatoms. The van der Waals surface area contributed by atoms with Crippen molar-refractivity contribution in [2.45, 2.75) is 0 Å². The van der Waals surface area contributed by atoms with Crippen molar-refractivity contribution >= 4 is 21.9 Å². The van der Waals surface area contributed by atoms with Crippen molar-refractivity contribution in [1.29, 1.82) is 0 Å². The van der Waals surface area contributed by atoms with Gasteiger partial charge in [-0.3, -0.25) is 0 Å². The van der Waals surface area contributed by atoms with Crippen molar-refractivity contribution in [1.82, 2.24) is 9.55 Å². The Morgan fingerprint density at radius 1 is 1.47 bits per heavy atom. The standard InChI is InChI=1S/C11H8BrFN2O2/c1-15-9(12)8(11(16)17)14-10(15)6-4-2-3-5-7(6)13/h2-5H,1H3,(H,16,17). The maximum Gasteiger partial charge on any atom is 0.357 e. The number of benzene rings is 1. The van der Waals surface area contributed by atoms with Gasteiger partial charge in [-0.05, 0) is 28.1 Å². The van der Waals surface area contributed by atoms with Crippen molar-refractivity contribution < 1.29 is 14.3 Å². The Labute approximate surface area is 105 Å². The molecule has 0 bridgehead atoms. The van der Waals surface area contributed by atoms with Crippen LogP contribution in [0.15, 0.2) is 28.9 Å². The predicted octanol–water partition coefficient (Wildman–Crippen LogP) is 2.69.